The zero-order valence-corrected chi connectivity index (χ0v) is 22.5. The van der Waals surface area contributed by atoms with E-state index in [2.05, 4.69) is 16.2 Å². The summed E-state index contributed by atoms with van der Waals surface area (Å²) in [5.41, 5.74) is 4.30. The van der Waals surface area contributed by atoms with E-state index in [0.717, 1.165) is 44.7 Å². The standard InChI is InChI=1S/C33H30N2O5/c1-23-31(34-33(40-23)26-11-7-4-8-12-26)22-38-29-16-15-27-19-24(13-14-28(27)20-29)21-39-35-30(17-18-32(36)37-2)25-9-5-3-6-10-25/h3-16,19-20H,17-18,21-22H2,1-2H3/b35-30+. The maximum Gasteiger partial charge on any atom is 0.305 e. The number of carbonyl (C=O) groups is 1. The van der Waals surface area contributed by atoms with Gasteiger partial charge in [0.2, 0.25) is 5.89 Å². The zero-order chi connectivity index (χ0) is 27.7. The molecule has 1 heterocycles. The number of fused-ring (bicyclic) bond motifs is 1. The number of esters is 1. The maximum atomic E-state index is 11.6. The molecule has 1 aromatic heterocycles. The zero-order valence-electron chi connectivity index (χ0n) is 22.5. The molecule has 0 radical (unpaired) electrons. The molecule has 0 atom stereocenters. The van der Waals surface area contributed by atoms with E-state index in [4.69, 9.17) is 18.7 Å². The summed E-state index contributed by atoms with van der Waals surface area (Å²) in [6, 6.07) is 31.6. The molecule has 0 aliphatic carbocycles. The van der Waals surface area contributed by atoms with Crippen molar-refractivity contribution in [2.75, 3.05) is 7.11 Å². The number of benzene rings is 4. The van der Waals surface area contributed by atoms with Crippen LogP contribution in [0.5, 0.6) is 5.75 Å². The minimum absolute atomic E-state index is 0.235. The van der Waals surface area contributed by atoms with Gasteiger partial charge < -0.3 is 18.7 Å². The van der Waals surface area contributed by atoms with E-state index in [1.54, 1.807) is 0 Å². The summed E-state index contributed by atoms with van der Waals surface area (Å²) in [7, 11) is 1.38. The van der Waals surface area contributed by atoms with Crippen LogP contribution in [0.25, 0.3) is 22.2 Å². The molecule has 0 aliphatic rings. The van der Waals surface area contributed by atoms with E-state index in [1.807, 2.05) is 97.9 Å². The normalized spacial score (nSPS) is 11.4. The Hall–Kier alpha value is -4.91. The highest BCUT2D eigenvalue weighted by Gasteiger charge is 2.12. The number of ether oxygens (including phenoxy) is 2. The topological polar surface area (TPSA) is 83.2 Å². The van der Waals surface area contributed by atoms with E-state index in [0.29, 0.717) is 31.2 Å². The summed E-state index contributed by atoms with van der Waals surface area (Å²) >= 11 is 0. The number of carbonyl (C=O) groups excluding carboxylic acids is 1. The average Bonchev–Trinajstić information content (AvgIpc) is 3.38. The number of hydrogen-bond acceptors (Lipinski definition) is 7. The van der Waals surface area contributed by atoms with E-state index in [-0.39, 0.29) is 12.4 Å². The van der Waals surface area contributed by atoms with Crippen molar-refractivity contribution in [3.05, 3.63) is 120 Å². The van der Waals surface area contributed by atoms with Gasteiger partial charge in [0.25, 0.3) is 0 Å². The molecule has 0 amide bonds. The Labute approximate surface area is 233 Å². The SMILES string of the molecule is COC(=O)CC/C(=N\OCc1ccc2cc(OCc3nc(-c4ccccc4)oc3C)ccc2c1)c1ccccc1. The monoisotopic (exact) mass is 534 g/mol. The highest BCUT2D eigenvalue weighted by Crippen LogP contribution is 2.25. The van der Waals surface area contributed by atoms with Crippen molar-refractivity contribution in [1.29, 1.82) is 0 Å². The molecular weight excluding hydrogens is 504 g/mol. The second-order valence-electron chi connectivity index (χ2n) is 9.27. The lowest BCUT2D eigenvalue weighted by Crippen LogP contribution is -2.08. The van der Waals surface area contributed by atoms with Crippen LogP contribution >= 0.6 is 0 Å². The molecule has 0 unspecified atom stereocenters. The van der Waals surface area contributed by atoms with E-state index >= 15 is 0 Å². The Bertz CT molecular complexity index is 1610. The van der Waals surface area contributed by atoms with Crippen LogP contribution in [-0.4, -0.2) is 23.8 Å². The third kappa shape index (κ3) is 6.74. The van der Waals surface area contributed by atoms with Gasteiger partial charge in [-0.15, -0.1) is 0 Å². The first-order valence-corrected chi connectivity index (χ1v) is 13.1. The number of oxazole rings is 1. The fraction of sp³-hybridized carbons (Fsp3) is 0.182. The minimum atomic E-state index is -0.283. The van der Waals surface area contributed by atoms with Crippen LogP contribution < -0.4 is 4.74 Å². The number of methoxy groups -OCH3 is 1. The van der Waals surface area contributed by atoms with Crippen molar-refractivity contribution < 1.29 is 23.5 Å². The largest absolute Gasteiger partial charge is 0.487 e. The van der Waals surface area contributed by atoms with Crippen molar-refractivity contribution in [2.24, 2.45) is 5.16 Å². The summed E-state index contributed by atoms with van der Waals surface area (Å²) < 4.78 is 16.7. The molecule has 0 aliphatic heterocycles. The van der Waals surface area contributed by atoms with Crippen LogP contribution in [0.2, 0.25) is 0 Å². The Kier molecular flexibility index (Phi) is 8.51. The second kappa shape index (κ2) is 12.8. The predicted octanol–water partition coefficient (Wildman–Crippen LogP) is 7.26. The van der Waals surface area contributed by atoms with Gasteiger partial charge in [-0.2, -0.15) is 0 Å². The lowest BCUT2D eigenvalue weighted by atomic mass is 10.1. The third-order valence-electron chi connectivity index (χ3n) is 6.47. The molecule has 5 aromatic rings. The van der Waals surface area contributed by atoms with E-state index in [9.17, 15) is 4.79 Å². The fourth-order valence-corrected chi connectivity index (χ4v) is 4.25. The summed E-state index contributed by atoms with van der Waals surface area (Å²) in [5, 5.41) is 6.46. The van der Waals surface area contributed by atoms with Crippen LogP contribution in [0.4, 0.5) is 0 Å². The number of aromatic nitrogens is 1. The highest BCUT2D eigenvalue weighted by molar-refractivity contribution is 6.01. The summed E-state index contributed by atoms with van der Waals surface area (Å²) in [6.45, 7) is 2.52. The molecule has 202 valence electrons. The number of hydrogen-bond donors (Lipinski definition) is 0. The second-order valence-corrected chi connectivity index (χ2v) is 9.27. The molecule has 40 heavy (non-hydrogen) atoms. The van der Waals surface area contributed by atoms with Gasteiger partial charge in [-0.3, -0.25) is 4.79 Å². The van der Waals surface area contributed by atoms with Crippen LogP contribution in [0.3, 0.4) is 0 Å². The average molecular weight is 535 g/mol. The van der Waals surface area contributed by atoms with Gasteiger partial charge in [0, 0.05) is 12.0 Å². The van der Waals surface area contributed by atoms with Gasteiger partial charge >= 0.3 is 5.97 Å². The Morgan fingerprint density at radius 1 is 0.850 bits per heavy atom. The lowest BCUT2D eigenvalue weighted by Gasteiger charge is -2.09. The van der Waals surface area contributed by atoms with Gasteiger partial charge in [-0.25, -0.2) is 4.98 Å². The number of oxime groups is 1. The number of rotatable bonds is 11. The van der Waals surface area contributed by atoms with Crippen molar-refractivity contribution in [1.82, 2.24) is 4.98 Å². The molecule has 0 saturated heterocycles. The Morgan fingerprint density at radius 2 is 1.57 bits per heavy atom. The Balaban J connectivity index is 1.22. The van der Waals surface area contributed by atoms with Gasteiger partial charge in [0.15, 0.2) is 0 Å². The first-order valence-electron chi connectivity index (χ1n) is 13.1. The van der Waals surface area contributed by atoms with Crippen LogP contribution in [-0.2, 0) is 27.6 Å². The first kappa shape index (κ1) is 26.7. The Morgan fingerprint density at radius 3 is 2.35 bits per heavy atom. The summed E-state index contributed by atoms with van der Waals surface area (Å²) in [4.78, 5) is 22.0. The highest BCUT2D eigenvalue weighted by atomic mass is 16.6. The molecule has 0 fully saturated rings. The van der Waals surface area contributed by atoms with Crippen molar-refractivity contribution in [3.8, 4) is 17.2 Å². The summed E-state index contributed by atoms with van der Waals surface area (Å²) in [5.74, 6) is 1.80. The number of nitrogens with zero attached hydrogens (tertiary/aromatic N) is 2. The summed E-state index contributed by atoms with van der Waals surface area (Å²) in [6.07, 6.45) is 0.664. The van der Waals surface area contributed by atoms with E-state index in [1.165, 1.54) is 7.11 Å². The predicted molar refractivity (Wildman–Crippen MR) is 154 cm³/mol. The molecule has 7 heteroatoms. The van der Waals surface area contributed by atoms with Crippen molar-refractivity contribution in [3.63, 3.8) is 0 Å². The molecule has 0 spiro atoms. The quantitative estimate of drug-likeness (QED) is 0.101. The van der Waals surface area contributed by atoms with Gasteiger partial charge in [0.05, 0.1) is 19.2 Å². The lowest BCUT2D eigenvalue weighted by molar-refractivity contribution is -0.140. The van der Waals surface area contributed by atoms with Crippen molar-refractivity contribution >= 4 is 22.5 Å². The fourth-order valence-electron chi connectivity index (χ4n) is 4.25. The van der Waals surface area contributed by atoms with Crippen molar-refractivity contribution in [2.45, 2.75) is 33.0 Å². The molecule has 7 nitrogen and oxygen atoms in total. The molecular formula is C33H30N2O5. The smallest absolute Gasteiger partial charge is 0.305 e. The van der Waals surface area contributed by atoms with Crippen LogP contribution in [0.1, 0.15) is 35.4 Å². The maximum absolute atomic E-state index is 11.6. The first-order chi connectivity index (χ1) is 19.6. The van der Waals surface area contributed by atoms with E-state index < -0.39 is 0 Å². The van der Waals surface area contributed by atoms with Gasteiger partial charge in [0.1, 0.15) is 30.4 Å². The van der Waals surface area contributed by atoms with Gasteiger partial charge in [-0.1, -0.05) is 71.9 Å². The third-order valence-corrected chi connectivity index (χ3v) is 6.47. The molecule has 0 saturated carbocycles. The van der Waals surface area contributed by atoms with Crippen LogP contribution in [0.15, 0.2) is 107 Å². The molecule has 0 bridgehead atoms. The molecule has 5 rings (SSSR count). The van der Waals surface area contributed by atoms with Gasteiger partial charge in [-0.05, 0) is 59.2 Å². The molecule has 4 aromatic carbocycles. The molecule has 0 N–H and O–H groups in total. The number of aryl methyl sites for hydroxylation is 1. The van der Waals surface area contributed by atoms with Crippen LogP contribution in [0, 0.1) is 6.92 Å². The minimum Gasteiger partial charge on any atom is -0.487 e.